The first kappa shape index (κ1) is 13.8. The molecule has 2 rings (SSSR count). The van der Waals surface area contributed by atoms with Gasteiger partial charge >= 0.3 is 0 Å². The van der Waals surface area contributed by atoms with Crippen molar-refractivity contribution in [2.45, 2.75) is 52.2 Å². The molecular formula is C14H23N5. The summed E-state index contributed by atoms with van der Waals surface area (Å²) >= 11 is 0. The fourth-order valence-corrected chi connectivity index (χ4v) is 2.23. The van der Waals surface area contributed by atoms with Crippen LogP contribution in [-0.2, 0) is 13.1 Å². The van der Waals surface area contributed by atoms with Crippen LogP contribution in [0.2, 0.25) is 0 Å². The molecule has 1 atom stereocenters. The Morgan fingerprint density at radius 2 is 2.16 bits per heavy atom. The van der Waals surface area contributed by atoms with Gasteiger partial charge in [0.15, 0.2) is 0 Å². The van der Waals surface area contributed by atoms with Crippen molar-refractivity contribution in [1.29, 1.82) is 0 Å². The van der Waals surface area contributed by atoms with E-state index in [0.29, 0.717) is 0 Å². The topological polar surface area (TPSA) is 61.7 Å². The lowest BCUT2D eigenvalue weighted by atomic mass is 10.1. The quantitative estimate of drug-likeness (QED) is 0.832. The molecular weight excluding hydrogens is 238 g/mol. The van der Waals surface area contributed by atoms with E-state index in [1.807, 2.05) is 4.68 Å². The molecule has 2 aromatic rings. The molecule has 0 spiro atoms. The monoisotopic (exact) mass is 261 g/mol. The van der Waals surface area contributed by atoms with E-state index in [0.717, 1.165) is 38.2 Å². The molecule has 2 aromatic heterocycles. The second-order valence-corrected chi connectivity index (χ2v) is 4.91. The van der Waals surface area contributed by atoms with Crippen LogP contribution < -0.4 is 5.73 Å². The van der Waals surface area contributed by atoms with Gasteiger partial charge in [-0.2, -0.15) is 5.10 Å². The number of nitrogens with zero attached hydrogens (tertiary/aromatic N) is 4. The van der Waals surface area contributed by atoms with Crippen molar-refractivity contribution in [3.8, 4) is 0 Å². The highest BCUT2D eigenvalue weighted by molar-refractivity contribution is 5.15. The Morgan fingerprint density at radius 3 is 2.89 bits per heavy atom. The van der Waals surface area contributed by atoms with Crippen LogP contribution in [0.25, 0.3) is 0 Å². The second kappa shape index (κ2) is 6.52. The van der Waals surface area contributed by atoms with E-state index in [-0.39, 0.29) is 6.04 Å². The largest absolute Gasteiger partial charge is 0.346 e. The molecule has 0 aliphatic rings. The maximum atomic E-state index is 6.12. The average Bonchev–Trinajstić information content (AvgIpc) is 3.01. The van der Waals surface area contributed by atoms with Crippen LogP contribution in [0.3, 0.4) is 0 Å². The van der Waals surface area contributed by atoms with Gasteiger partial charge in [0.05, 0.1) is 6.54 Å². The van der Waals surface area contributed by atoms with Crippen LogP contribution in [0.5, 0.6) is 0 Å². The van der Waals surface area contributed by atoms with E-state index < -0.39 is 0 Å². The predicted octanol–water partition coefficient (Wildman–Crippen LogP) is 2.34. The molecule has 104 valence electrons. The molecule has 0 saturated carbocycles. The van der Waals surface area contributed by atoms with E-state index in [1.165, 1.54) is 5.56 Å². The normalized spacial score (nSPS) is 12.8. The predicted molar refractivity (Wildman–Crippen MR) is 75.7 cm³/mol. The van der Waals surface area contributed by atoms with Gasteiger partial charge in [0.25, 0.3) is 0 Å². The van der Waals surface area contributed by atoms with Crippen LogP contribution in [0.1, 0.15) is 50.5 Å². The van der Waals surface area contributed by atoms with Crippen molar-refractivity contribution in [3.05, 3.63) is 36.2 Å². The summed E-state index contributed by atoms with van der Waals surface area (Å²) in [4.78, 5) is 4.32. The van der Waals surface area contributed by atoms with Crippen molar-refractivity contribution >= 4 is 0 Å². The molecule has 0 fully saturated rings. The maximum Gasteiger partial charge on any atom is 0.146 e. The SMILES string of the molecule is CCCC(N)c1ccn(Cc2ncnn2CCC)c1. The molecule has 0 radical (unpaired) electrons. The molecule has 0 aliphatic carbocycles. The highest BCUT2D eigenvalue weighted by Crippen LogP contribution is 2.16. The Balaban J connectivity index is 2.05. The second-order valence-electron chi connectivity index (χ2n) is 4.91. The van der Waals surface area contributed by atoms with Crippen LogP contribution in [0.4, 0.5) is 0 Å². The molecule has 0 amide bonds. The third kappa shape index (κ3) is 3.44. The number of aryl methyl sites for hydroxylation is 1. The van der Waals surface area contributed by atoms with Gasteiger partial charge in [-0.15, -0.1) is 0 Å². The molecule has 0 aromatic carbocycles. The zero-order valence-electron chi connectivity index (χ0n) is 11.8. The zero-order valence-corrected chi connectivity index (χ0v) is 11.8. The van der Waals surface area contributed by atoms with Crippen molar-refractivity contribution in [2.24, 2.45) is 5.73 Å². The van der Waals surface area contributed by atoms with Crippen molar-refractivity contribution in [1.82, 2.24) is 19.3 Å². The van der Waals surface area contributed by atoms with Crippen LogP contribution in [0, 0.1) is 0 Å². The first-order valence-corrected chi connectivity index (χ1v) is 7.02. The Morgan fingerprint density at radius 1 is 1.32 bits per heavy atom. The summed E-state index contributed by atoms with van der Waals surface area (Å²) < 4.78 is 4.09. The van der Waals surface area contributed by atoms with Gasteiger partial charge in [0.1, 0.15) is 12.2 Å². The summed E-state index contributed by atoms with van der Waals surface area (Å²) in [5, 5.41) is 4.24. The summed E-state index contributed by atoms with van der Waals surface area (Å²) in [5.74, 6) is 0.994. The van der Waals surface area contributed by atoms with Gasteiger partial charge in [0, 0.05) is 25.0 Å². The molecule has 0 saturated heterocycles. The Hall–Kier alpha value is -1.62. The number of nitrogens with two attached hydrogens (primary N) is 1. The van der Waals surface area contributed by atoms with Gasteiger partial charge in [-0.25, -0.2) is 9.67 Å². The van der Waals surface area contributed by atoms with E-state index in [2.05, 4.69) is 47.0 Å². The minimum absolute atomic E-state index is 0.139. The van der Waals surface area contributed by atoms with Gasteiger partial charge < -0.3 is 10.3 Å². The summed E-state index contributed by atoms with van der Waals surface area (Å²) in [6.07, 6.45) is 9.00. The summed E-state index contributed by atoms with van der Waals surface area (Å²) in [7, 11) is 0. The van der Waals surface area contributed by atoms with E-state index in [9.17, 15) is 0 Å². The number of hydrogen-bond acceptors (Lipinski definition) is 3. The lowest BCUT2D eigenvalue weighted by Crippen LogP contribution is -2.10. The smallest absolute Gasteiger partial charge is 0.146 e. The third-order valence-corrected chi connectivity index (χ3v) is 3.26. The van der Waals surface area contributed by atoms with Gasteiger partial charge in [-0.05, 0) is 24.5 Å². The summed E-state index contributed by atoms with van der Waals surface area (Å²) in [5.41, 5.74) is 7.32. The molecule has 5 nitrogen and oxygen atoms in total. The fraction of sp³-hybridized carbons (Fsp3) is 0.571. The number of rotatable bonds is 7. The van der Waals surface area contributed by atoms with Crippen LogP contribution in [0.15, 0.2) is 24.8 Å². The van der Waals surface area contributed by atoms with Crippen molar-refractivity contribution in [3.63, 3.8) is 0 Å². The lowest BCUT2D eigenvalue weighted by Gasteiger charge is -2.08. The minimum Gasteiger partial charge on any atom is -0.346 e. The minimum atomic E-state index is 0.139. The standard InChI is InChI=1S/C14H23N5/c1-3-5-13(15)12-6-8-18(9-12)10-14-16-11-17-19(14)7-4-2/h6,8-9,11,13H,3-5,7,10,15H2,1-2H3. The highest BCUT2D eigenvalue weighted by Gasteiger charge is 2.08. The molecule has 2 N–H and O–H groups in total. The highest BCUT2D eigenvalue weighted by atomic mass is 15.3. The van der Waals surface area contributed by atoms with Gasteiger partial charge in [-0.3, -0.25) is 0 Å². The molecule has 0 aliphatic heterocycles. The molecule has 2 heterocycles. The Labute approximate surface area is 114 Å². The zero-order chi connectivity index (χ0) is 13.7. The summed E-state index contributed by atoms with van der Waals surface area (Å²) in [6, 6.07) is 2.24. The van der Waals surface area contributed by atoms with E-state index in [1.54, 1.807) is 6.33 Å². The molecule has 19 heavy (non-hydrogen) atoms. The van der Waals surface area contributed by atoms with Crippen molar-refractivity contribution < 1.29 is 0 Å². The Bertz CT molecular complexity index is 499. The first-order chi connectivity index (χ1) is 9.24. The maximum absolute atomic E-state index is 6.12. The van der Waals surface area contributed by atoms with Crippen molar-refractivity contribution in [2.75, 3.05) is 0 Å². The van der Waals surface area contributed by atoms with Crippen LogP contribution in [-0.4, -0.2) is 19.3 Å². The molecule has 5 heteroatoms. The molecule has 1 unspecified atom stereocenters. The average molecular weight is 261 g/mol. The third-order valence-electron chi connectivity index (χ3n) is 3.26. The first-order valence-electron chi connectivity index (χ1n) is 7.02. The summed E-state index contributed by atoms with van der Waals surface area (Å²) in [6.45, 7) is 5.96. The van der Waals surface area contributed by atoms with E-state index in [4.69, 9.17) is 5.73 Å². The Kier molecular flexibility index (Phi) is 4.74. The van der Waals surface area contributed by atoms with Gasteiger partial charge in [-0.1, -0.05) is 20.3 Å². The molecule has 0 bridgehead atoms. The number of aromatic nitrogens is 4. The number of hydrogen-bond donors (Lipinski definition) is 1. The van der Waals surface area contributed by atoms with Crippen LogP contribution >= 0.6 is 0 Å². The van der Waals surface area contributed by atoms with Gasteiger partial charge in [0.2, 0.25) is 0 Å². The van der Waals surface area contributed by atoms with E-state index >= 15 is 0 Å². The lowest BCUT2D eigenvalue weighted by molar-refractivity contribution is 0.554. The fourth-order valence-electron chi connectivity index (χ4n) is 2.23.